The standard InChI is InChI=1S/C17H25NO3/c1-20-17(21-2)11-18-14-6-7-15(18)9-13(8-14)12-4-3-5-16(19)10-12/h3-5,10,13-15,17,19H,6-9,11H2,1-2H3/t13?,14-,15+. The van der Waals surface area contributed by atoms with Crippen LogP contribution in [0.25, 0.3) is 0 Å². The molecule has 2 aliphatic rings. The third-order valence-electron chi connectivity index (χ3n) is 5.11. The van der Waals surface area contributed by atoms with Crippen LogP contribution in [0, 0.1) is 0 Å². The number of benzene rings is 1. The Kier molecular flexibility index (Phi) is 4.48. The minimum absolute atomic E-state index is 0.134. The van der Waals surface area contributed by atoms with Crippen LogP contribution in [0.3, 0.4) is 0 Å². The van der Waals surface area contributed by atoms with Gasteiger partial charge in [-0.2, -0.15) is 0 Å². The second kappa shape index (κ2) is 6.34. The highest BCUT2D eigenvalue weighted by molar-refractivity contribution is 5.30. The van der Waals surface area contributed by atoms with E-state index in [9.17, 15) is 5.11 Å². The zero-order valence-corrected chi connectivity index (χ0v) is 12.9. The van der Waals surface area contributed by atoms with Crippen molar-refractivity contribution in [3.8, 4) is 5.75 Å². The predicted molar refractivity (Wildman–Crippen MR) is 81.4 cm³/mol. The van der Waals surface area contributed by atoms with Crippen LogP contribution in [0.5, 0.6) is 5.75 Å². The third kappa shape index (κ3) is 3.07. The lowest BCUT2D eigenvalue weighted by Crippen LogP contribution is -2.46. The Bertz CT molecular complexity index is 461. The van der Waals surface area contributed by atoms with Gasteiger partial charge in [-0.1, -0.05) is 12.1 Å². The van der Waals surface area contributed by atoms with Crippen LogP contribution >= 0.6 is 0 Å². The maximum Gasteiger partial charge on any atom is 0.169 e. The third-order valence-corrected chi connectivity index (χ3v) is 5.11. The summed E-state index contributed by atoms with van der Waals surface area (Å²) in [5.41, 5.74) is 1.28. The molecule has 0 aromatic heterocycles. The summed E-state index contributed by atoms with van der Waals surface area (Å²) in [5, 5.41) is 9.68. The van der Waals surface area contributed by atoms with Gasteiger partial charge in [-0.15, -0.1) is 0 Å². The van der Waals surface area contributed by atoms with Crippen molar-refractivity contribution in [3.05, 3.63) is 29.8 Å². The molecule has 0 saturated carbocycles. The van der Waals surface area contributed by atoms with E-state index in [1.165, 1.54) is 31.2 Å². The minimum atomic E-state index is -0.134. The molecule has 4 nitrogen and oxygen atoms in total. The lowest BCUT2D eigenvalue weighted by molar-refractivity contribution is -0.125. The molecule has 1 aromatic rings. The van der Waals surface area contributed by atoms with E-state index in [1.54, 1.807) is 20.3 Å². The fraction of sp³-hybridized carbons (Fsp3) is 0.647. The number of rotatable bonds is 5. The SMILES string of the molecule is COC(CN1[C@@H]2CC[C@H]1CC(c1cccc(O)c1)C2)OC. The smallest absolute Gasteiger partial charge is 0.169 e. The highest BCUT2D eigenvalue weighted by Crippen LogP contribution is 2.43. The number of fused-ring (bicyclic) bond motifs is 2. The monoisotopic (exact) mass is 291 g/mol. The van der Waals surface area contributed by atoms with Crippen molar-refractivity contribution in [1.29, 1.82) is 0 Å². The first-order valence-electron chi connectivity index (χ1n) is 7.81. The van der Waals surface area contributed by atoms with Crippen LogP contribution in [-0.2, 0) is 9.47 Å². The molecule has 1 unspecified atom stereocenters. The Morgan fingerprint density at radius 1 is 1.19 bits per heavy atom. The molecule has 3 atom stereocenters. The highest BCUT2D eigenvalue weighted by Gasteiger charge is 2.41. The Balaban J connectivity index is 1.69. The summed E-state index contributed by atoms with van der Waals surface area (Å²) in [4.78, 5) is 2.57. The maximum absolute atomic E-state index is 9.68. The zero-order valence-electron chi connectivity index (χ0n) is 12.9. The van der Waals surface area contributed by atoms with E-state index in [1.807, 2.05) is 12.1 Å². The van der Waals surface area contributed by atoms with Gasteiger partial charge in [0.25, 0.3) is 0 Å². The van der Waals surface area contributed by atoms with E-state index in [0.29, 0.717) is 23.8 Å². The number of nitrogens with zero attached hydrogens (tertiary/aromatic N) is 1. The largest absolute Gasteiger partial charge is 0.508 e. The molecular weight excluding hydrogens is 266 g/mol. The summed E-state index contributed by atoms with van der Waals surface area (Å²) in [7, 11) is 3.41. The number of piperidine rings is 1. The van der Waals surface area contributed by atoms with Gasteiger partial charge in [-0.25, -0.2) is 0 Å². The van der Waals surface area contributed by atoms with Crippen molar-refractivity contribution in [2.45, 2.75) is 50.0 Å². The normalized spacial score (nSPS) is 29.2. The molecule has 0 spiro atoms. The Morgan fingerprint density at radius 3 is 2.43 bits per heavy atom. The first kappa shape index (κ1) is 14.8. The van der Waals surface area contributed by atoms with Crippen LogP contribution in [0.1, 0.15) is 37.2 Å². The summed E-state index contributed by atoms with van der Waals surface area (Å²) in [6.45, 7) is 0.856. The number of phenolic OH excluding ortho intramolecular Hbond substituents is 1. The first-order chi connectivity index (χ1) is 10.2. The van der Waals surface area contributed by atoms with E-state index in [2.05, 4.69) is 11.0 Å². The van der Waals surface area contributed by atoms with E-state index in [4.69, 9.17) is 9.47 Å². The van der Waals surface area contributed by atoms with Gasteiger partial charge in [-0.05, 0) is 49.3 Å². The summed E-state index contributed by atoms with van der Waals surface area (Å²) >= 11 is 0. The molecule has 3 rings (SSSR count). The summed E-state index contributed by atoms with van der Waals surface area (Å²) in [6.07, 6.45) is 4.73. The molecule has 2 aliphatic heterocycles. The van der Waals surface area contributed by atoms with Gasteiger partial charge in [0.2, 0.25) is 0 Å². The molecule has 1 aromatic carbocycles. The van der Waals surface area contributed by atoms with Gasteiger partial charge in [0.1, 0.15) is 5.75 Å². The quantitative estimate of drug-likeness (QED) is 0.847. The van der Waals surface area contributed by atoms with Gasteiger partial charge in [0.15, 0.2) is 6.29 Å². The second-order valence-corrected chi connectivity index (χ2v) is 6.25. The molecule has 0 radical (unpaired) electrons. The average Bonchev–Trinajstić information content (AvgIpc) is 2.73. The van der Waals surface area contributed by atoms with Crippen LogP contribution in [0.2, 0.25) is 0 Å². The topological polar surface area (TPSA) is 41.9 Å². The first-order valence-corrected chi connectivity index (χ1v) is 7.81. The van der Waals surface area contributed by atoms with Crippen molar-refractivity contribution in [2.75, 3.05) is 20.8 Å². The lowest BCUT2D eigenvalue weighted by atomic mass is 9.85. The fourth-order valence-electron chi connectivity index (χ4n) is 4.04. The van der Waals surface area contributed by atoms with Gasteiger partial charge in [-0.3, -0.25) is 4.90 Å². The summed E-state index contributed by atoms with van der Waals surface area (Å²) in [6, 6.07) is 8.99. The van der Waals surface area contributed by atoms with Gasteiger partial charge >= 0.3 is 0 Å². The Hall–Kier alpha value is -1.10. The van der Waals surface area contributed by atoms with E-state index < -0.39 is 0 Å². The molecular formula is C17H25NO3. The molecule has 2 saturated heterocycles. The Labute approximate surface area is 126 Å². The van der Waals surface area contributed by atoms with Crippen molar-refractivity contribution in [2.24, 2.45) is 0 Å². The van der Waals surface area contributed by atoms with Gasteiger partial charge in [0.05, 0.1) is 6.54 Å². The van der Waals surface area contributed by atoms with Crippen molar-refractivity contribution in [1.82, 2.24) is 4.90 Å². The van der Waals surface area contributed by atoms with Crippen LogP contribution in [-0.4, -0.2) is 49.1 Å². The average molecular weight is 291 g/mol. The predicted octanol–water partition coefficient (Wildman–Crippen LogP) is 2.72. The number of ether oxygens (including phenoxy) is 2. The number of hydrogen-bond acceptors (Lipinski definition) is 4. The molecule has 2 fully saturated rings. The molecule has 2 bridgehead atoms. The van der Waals surface area contributed by atoms with Crippen LogP contribution < -0.4 is 0 Å². The Morgan fingerprint density at radius 2 is 1.86 bits per heavy atom. The minimum Gasteiger partial charge on any atom is -0.508 e. The van der Waals surface area contributed by atoms with Crippen molar-refractivity contribution >= 4 is 0 Å². The van der Waals surface area contributed by atoms with Crippen molar-refractivity contribution < 1.29 is 14.6 Å². The van der Waals surface area contributed by atoms with Gasteiger partial charge < -0.3 is 14.6 Å². The number of aromatic hydroxyl groups is 1. The molecule has 4 heteroatoms. The lowest BCUT2D eigenvalue weighted by Gasteiger charge is -2.40. The highest BCUT2D eigenvalue weighted by atomic mass is 16.7. The molecule has 0 amide bonds. The van der Waals surface area contributed by atoms with Crippen LogP contribution in [0.4, 0.5) is 0 Å². The summed E-state index contributed by atoms with van der Waals surface area (Å²) in [5.74, 6) is 0.940. The molecule has 21 heavy (non-hydrogen) atoms. The van der Waals surface area contributed by atoms with E-state index in [-0.39, 0.29) is 6.29 Å². The van der Waals surface area contributed by atoms with Crippen molar-refractivity contribution in [3.63, 3.8) is 0 Å². The van der Waals surface area contributed by atoms with Crippen LogP contribution in [0.15, 0.2) is 24.3 Å². The number of methoxy groups -OCH3 is 2. The molecule has 116 valence electrons. The maximum atomic E-state index is 9.68. The van der Waals surface area contributed by atoms with E-state index >= 15 is 0 Å². The zero-order chi connectivity index (χ0) is 14.8. The van der Waals surface area contributed by atoms with E-state index in [0.717, 1.165) is 6.54 Å². The fourth-order valence-corrected chi connectivity index (χ4v) is 4.04. The molecule has 0 aliphatic carbocycles. The summed E-state index contributed by atoms with van der Waals surface area (Å²) < 4.78 is 10.7. The number of phenols is 1. The molecule has 2 heterocycles. The van der Waals surface area contributed by atoms with Gasteiger partial charge in [0, 0.05) is 26.3 Å². The second-order valence-electron chi connectivity index (χ2n) is 6.25. The molecule has 1 N–H and O–H groups in total. The number of hydrogen-bond donors (Lipinski definition) is 1.